The fourth-order valence-electron chi connectivity index (χ4n) is 6.31. The SMILES string of the molecule is c1ccc(-n2c3c(c4ccccc42)C(c2cccc4c2c2ccccc2n4-c2ccccc2)=NCC3)cc1. The molecule has 0 unspecified atom stereocenters. The minimum atomic E-state index is 0.777. The Kier molecular flexibility index (Phi) is 4.65. The topological polar surface area (TPSA) is 22.2 Å². The first kappa shape index (κ1) is 21.2. The standard InChI is InChI=1S/C35H25N3/c1-3-12-24(13-4-1)37-29-19-9-7-16-26(29)33-28(18-11-21-31(33)37)35-34-27-17-8-10-20-30(27)38(32(34)22-23-36-35)25-14-5-2-6-15-25/h1-21H,22-23H2. The van der Waals surface area contributed by atoms with Crippen LogP contribution in [0.3, 0.4) is 0 Å². The molecular weight excluding hydrogens is 462 g/mol. The molecule has 3 heteroatoms. The van der Waals surface area contributed by atoms with E-state index in [0.29, 0.717) is 0 Å². The van der Waals surface area contributed by atoms with E-state index in [9.17, 15) is 0 Å². The maximum atomic E-state index is 5.23. The number of nitrogens with zero attached hydrogens (tertiary/aromatic N) is 3. The van der Waals surface area contributed by atoms with E-state index in [2.05, 4.69) is 137 Å². The van der Waals surface area contributed by atoms with Crippen LogP contribution in [0.5, 0.6) is 0 Å². The van der Waals surface area contributed by atoms with Gasteiger partial charge in [0.05, 0.1) is 22.3 Å². The van der Waals surface area contributed by atoms with E-state index in [1.54, 1.807) is 0 Å². The number of aromatic nitrogens is 2. The van der Waals surface area contributed by atoms with Crippen LogP contribution in [0, 0.1) is 0 Å². The first-order valence-corrected chi connectivity index (χ1v) is 13.2. The number of hydrogen-bond donors (Lipinski definition) is 0. The number of fused-ring (bicyclic) bond motifs is 6. The minimum absolute atomic E-state index is 0.777. The summed E-state index contributed by atoms with van der Waals surface area (Å²) in [7, 11) is 0. The van der Waals surface area contributed by atoms with Gasteiger partial charge >= 0.3 is 0 Å². The van der Waals surface area contributed by atoms with Gasteiger partial charge in [-0.25, -0.2) is 0 Å². The molecule has 0 saturated heterocycles. The Bertz CT molecular complexity index is 2010. The van der Waals surface area contributed by atoms with E-state index >= 15 is 0 Å². The van der Waals surface area contributed by atoms with Crippen molar-refractivity contribution in [3.8, 4) is 11.4 Å². The van der Waals surface area contributed by atoms with Gasteiger partial charge in [-0.1, -0.05) is 84.9 Å². The Morgan fingerprint density at radius 1 is 0.500 bits per heavy atom. The second-order valence-corrected chi connectivity index (χ2v) is 9.88. The molecule has 0 atom stereocenters. The van der Waals surface area contributed by atoms with Crippen LogP contribution in [0.2, 0.25) is 0 Å². The van der Waals surface area contributed by atoms with E-state index in [-0.39, 0.29) is 0 Å². The molecule has 0 fully saturated rings. The van der Waals surface area contributed by atoms with Gasteiger partial charge in [0, 0.05) is 57.3 Å². The number of aliphatic imine (C=N–C) groups is 1. The molecule has 3 heterocycles. The lowest BCUT2D eigenvalue weighted by atomic mass is 9.93. The number of hydrogen-bond acceptors (Lipinski definition) is 1. The molecule has 1 aliphatic rings. The summed E-state index contributed by atoms with van der Waals surface area (Å²) in [6.07, 6.45) is 0.921. The van der Waals surface area contributed by atoms with Gasteiger partial charge in [-0.15, -0.1) is 0 Å². The second kappa shape index (κ2) is 8.32. The average Bonchev–Trinajstić information content (AvgIpc) is 3.51. The van der Waals surface area contributed by atoms with Crippen LogP contribution in [0.4, 0.5) is 0 Å². The Morgan fingerprint density at radius 2 is 1.08 bits per heavy atom. The Balaban J connectivity index is 1.46. The van der Waals surface area contributed by atoms with Gasteiger partial charge in [0.15, 0.2) is 0 Å². The van der Waals surface area contributed by atoms with E-state index < -0.39 is 0 Å². The molecule has 0 radical (unpaired) electrons. The molecular formula is C35H25N3. The highest BCUT2D eigenvalue weighted by Gasteiger charge is 2.27. The van der Waals surface area contributed by atoms with Crippen molar-refractivity contribution in [2.24, 2.45) is 4.99 Å². The Labute approximate surface area is 220 Å². The summed E-state index contributed by atoms with van der Waals surface area (Å²) in [5.74, 6) is 0. The van der Waals surface area contributed by atoms with E-state index in [1.165, 1.54) is 60.9 Å². The third-order valence-electron chi connectivity index (χ3n) is 7.81. The van der Waals surface area contributed by atoms with E-state index in [4.69, 9.17) is 4.99 Å². The normalized spacial score (nSPS) is 13.2. The van der Waals surface area contributed by atoms with Gasteiger partial charge in [0.1, 0.15) is 0 Å². The van der Waals surface area contributed by atoms with Gasteiger partial charge in [-0.05, 0) is 42.5 Å². The first-order valence-electron chi connectivity index (χ1n) is 13.2. The van der Waals surface area contributed by atoms with Crippen LogP contribution in [-0.4, -0.2) is 21.4 Å². The second-order valence-electron chi connectivity index (χ2n) is 9.88. The fraction of sp³-hybridized carbons (Fsp3) is 0.0571. The lowest BCUT2D eigenvalue weighted by Gasteiger charge is -2.18. The van der Waals surface area contributed by atoms with Crippen LogP contribution >= 0.6 is 0 Å². The molecule has 0 N–H and O–H groups in total. The quantitative estimate of drug-likeness (QED) is 0.240. The zero-order chi connectivity index (χ0) is 25.1. The maximum Gasteiger partial charge on any atom is 0.0750 e. The minimum Gasteiger partial charge on any atom is -0.313 e. The van der Waals surface area contributed by atoms with Gasteiger partial charge in [0.25, 0.3) is 0 Å². The molecule has 5 aromatic carbocycles. The molecule has 0 spiro atoms. The number of rotatable bonds is 3. The summed E-state index contributed by atoms with van der Waals surface area (Å²) in [6, 6.07) is 45.6. The molecule has 0 amide bonds. The first-order chi connectivity index (χ1) is 18.9. The Morgan fingerprint density at radius 3 is 1.82 bits per heavy atom. The van der Waals surface area contributed by atoms with Crippen LogP contribution in [0.25, 0.3) is 44.1 Å². The molecule has 3 nitrogen and oxygen atoms in total. The van der Waals surface area contributed by atoms with Crippen LogP contribution in [0.1, 0.15) is 16.8 Å². The molecule has 8 rings (SSSR count). The molecule has 0 bridgehead atoms. The molecule has 7 aromatic rings. The number of benzene rings is 5. The fourth-order valence-corrected chi connectivity index (χ4v) is 6.31. The lowest BCUT2D eigenvalue weighted by Crippen LogP contribution is -2.16. The van der Waals surface area contributed by atoms with Gasteiger partial charge < -0.3 is 9.13 Å². The molecule has 2 aromatic heterocycles. The van der Waals surface area contributed by atoms with Crippen molar-refractivity contribution in [3.05, 3.63) is 144 Å². The molecule has 0 aliphatic carbocycles. The summed E-state index contributed by atoms with van der Waals surface area (Å²) in [6.45, 7) is 0.777. The van der Waals surface area contributed by atoms with Crippen LogP contribution in [-0.2, 0) is 6.42 Å². The lowest BCUT2D eigenvalue weighted by molar-refractivity contribution is 0.870. The predicted molar refractivity (Wildman–Crippen MR) is 158 cm³/mol. The van der Waals surface area contributed by atoms with Crippen LogP contribution < -0.4 is 0 Å². The van der Waals surface area contributed by atoms with Crippen molar-refractivity contribution >= 4 is 38.4 Å². The van der Waals surface area contributed by atoms with Crippen molar-refractivity contribution < 1.29 is 0 Å². The summed E-state index contributed by atoms with van der Waals surface area (Å²) >= 11 is 0. The zero-order valence-electron chi connectivity index (χ0n) is 20.9. The average molecular weight is 488 g/mol. The highest BCUT2D eigenvalue weighted by Crippen LogP contribution is 2.39. The zero-order valence-corrected chi connectivity index (χ0v) is 20.9. The van der Waals surface area contributed by atoms with Gasteiger partial charge in [-0.2, -0.15) is 0 Å². The van der Waals surface area contributed by atoms with Crippen molar-refractivity contribution in [2.45, 2.75) is 6.42 Å². The van der Waals surface area contributed by atoms with Gasteiger partial charge in [-0.3, -0.25) is 4.99 Å². The summed E-state index contributed by atoms with van der Waals surface area (Å²) < 4.78 is 4.82. The van der Waals surface area contributed by atoms with Crippen molar-refractivity contribution in [2.75, 3.05) is 6.54 Å². The van der Waals surface area contributed by atoms with E-state index in [1.807, 2.05) is 0 Å². The summed E-state index contributed by atoms with van der Waals surface area (Å²) in [5, 5.41) is 3.77. The number of para-hydroxylation sites is 4. The third-order valence-corrected chi connectivity index (χ3v) is 7.81. The van der Waals surface area contributed by atoms with Crippen LogP contribution in [0.15, 0.2) is 132 Å². The highest BCUT2D eigenvalue weighted by molar-refractivity contribution is 6.29. The molecule has 0 saturated carbocycles. The largest absolute Gasteiger partial charge is 0.313 e. The van der Waals surface area contributed by atoms with Crippen molar-refractivity contribution in [3.63, 3.8) is 0 Å². The van der Waals surface area contributed by atoms with Crippen molar-refractivity contribution in [1.29, 1.82) is 0 Å². The predicted octanol–water partition coefficient (Wildman–Crippen LogP) is 8.12. The molecule has 38 heavy (non-hydrogen) atoms. The highest BCUT2D eigenvalue weighted by atomic mass is 15.0. The Hall–Kier alpha value is -4.89. The summed E-state index contributed by atoms with van der Waals surface area (Å²) in [5.41, 5.74) is 10.9. The van der Waals surface area contributed by atoms with E-state index in [0.717, 1.165) is 18.7 Å². The third kappa shape index (κ3) is 2.99. The van der Waals surface area contributed by atoms with Crippen molar-refractivity contribution in [1.82, 2.24) is 9.13 Å². The van der Waals surface area contributed by atoms with Gasteiger partial charge in [0.2, 0.25) is 0 Å². The monoisotopic (exact) mass is 487 g/mol. The molecule has 1 aliphatic heterocycles. The summed E-state index contributed by atoms with van der Waals surface area (Å²) in [4.78, 5) is 5.23. The molecule has 180 valence electrons. The maximum absolute atomic E-state index is 5.23. The smallest absolute Gasteiger partial charge is 0.0750 e.